The van der Waals surface area contributed by atoms with Gasteiger partial charge in [-0.25, -0.2) is 0 Å². The van der Waals surface area contributed by atoms with Crippen LogP contribution in [-0.2, 0) is 0 Å². The van der Waals surface area contributed by atoms with Crippen molar-refractivity contribution in [3.8, 4) is 0 Å². The monoisotopic (exact) mass is 254 g/mol. The zero-order chi connectivity index (χ0) is 12.8. The number of nitrogens with zero attached hydrogens (tertiary/aromatic N) is 1. The molecule has 2 unspecified atom stereocenters. The van der Waals surface area contributed by atoms with Gasteiger partial charge in [-0.2, -0.15) is 0 Å². The lowest BCUT2D eigenvalue weighted by atomic mass is 9.84. The number of likely N-dealkylation sites (tertiary alicyclic amines) is 1. The molecule has 18 heavy (non-hydrogen) atoms. The van der Waals surface area contributed by atoms with Gasteiger partial charge in [-0.1, -0.05) is 13.3 Å². The Hall–Kier alpha value is -0.120. The predicted octanol–water partition coefficient (Wildman–Crippen LogP) is 1.86. The smallest absolute Gasteiger partial charge is 0.0431 e. The fourth-order valence-corrected chi connectivity index (χ4v) is 3.33. The summed E-state index contributed by atoms with van der Waals surface area (Å²) in [6.07, 6.45) is 7.78. The van der Waals surface area contributed by atoms with Gasteiger partial charge in [0.05, 0.1) is 0 Å². The molecule has 3 nitrogen and oxygen atoms in total. The number of piperidine rings is 1. The number of hydrogen-bond acceptors (Lipinski definition) is 3. The van der Waals surface area contributed by atoms with Crippen LogP contribution in [0.25, 0.3) is 0 Å². The van der Waals surface area contributed by atoms with Crippen molar-refractivity contribution in [1.29, 1.82) is 0 Å². The number of rotatable bonds is 7. The Morgan fingerprint density at radius 3 is 2.67 bits per heavy atom. The molecule has 106 valence electrons. The zero-order valence-electron chi connectivity index (χ0n) is 11.9. The molecule has 2 atom stereocenters. The largest absolute Gasteiger partial charge is 0.396 e. The highest BCUT2D eigenvalue weighted by atomic mass is 16.2. The van der Waals surface area contributed by atoms with E-state index in [0.717, 1.165) is 24.8 Å². The molecule has 0 spiro atoms. The molecule has 1 saturated carbocycles. The summed E-state index contributed by atoms with van der Waals surface area (Å²) >= 11 is 0. The normalized spacial score (nSPS) is 30.3. The van der Waals surface area contributed by atoms with E-state index in [1.54, 1.807) is 0 Å². The molecule has 0 bridgehead atoms. The summed E-state index contributed by atoms with van der Waals surface area (Å²) < 4.78 is 0. The molecule has 2 fully saturated rings. The molecule has 2 N–H and O–H groups in total. The standard InChI is InChI=1S/C15H30N2O/c1-2-17-11-14(7-4-8-18)9-15(12-17)16-10-13-5-3-6-13/h13-16,18H,2-12H2,1H3. The van der Waals surface area contributed by atoms with Gasteiger partial charge in [0.1, 0.15) is 0 Å². The maximum absolute atomic E-state index is 8.97. The van der Waals surface area contributed by atoms with Crippen molar-refractivity contribution >= 4 is 0 Å². The SMILES string of the molecule is CCN1CC(CCCO)CC(NCC2CCC2)C1. The summed E-state index contributed by atoms with van der Waals surface area (Å²) in [6, 6.07) is 0.683. The predicted molar refractivity (Wildman–Crippen MR) is 75.7 cm³/mol. The summed E-state index contributed by atoms with van der Waals surface area (Å²) in [7, 11) is 0. The zero-order valence-corrected chi connectivity index (χ0v) is 11.9. The van der Waals surface area contributed by atoms with Gasteiger partial charge in [0, 0.05) is 25.7 Å². The number of nitrogens with one attached hydrogen (secondary N) is 1. The molecular weight excluding hydrogens is 224 g/mol. The van der Waals surface area contributed by atoms with Gasteiger partial charge in [0.2, 0.25) is 0 Å². The van der Waals surface area contributed by atoms with Crippen LogP contribution in [0.1, 0.15) is 45.4 Å². The van der Waals surface area contributed by atoms with Crippen LogP contribution < -0.4 is 5.32 Å². The molecule has 0 radical (unpaired) electrons. The van der Waals surface area contributed by atoms with Crippen molar-refractivity contribution in [2.45, 2.75) is 51.5 Å². The first kappa shape index (κ1) is 14.3. The Labute approximate surface area is 112 Å². The van der Waals surface area contributed by atoms with E-state index in [-0.39, 0.29) is 0 Å². The Bertz CT molecular complexity index is 231. The number of aliphatic hydroxyl groups is 1. The van der Waals surface area contributed by atoms with Crippen LogP contribution in [0.2, 0.25) is 0 Å². The van der Waals surface area contributed by atoms with E-state index in [9.17, 15) is 0 Å². The molecule has 0 amide bonds. The Balaban J connectivity index is 1.73. The number of aliphatic hydroxyl groups excluding tert-OH is 1. The van der Waals surface area contributed by atoms with Crippen molar-refractivity contribution in [1.82, 2.24) is 10.2 Å². The molecule has 1 saturated heterocycles. The third-order valence-corrected chi connectivity index (χ3v) is 4.75. The second-order valence-corrected chi connectivity index (χ2v) is 6.22. The van der Waals surface area contributed by atoms with Crippen LogP contribution >= 0.6 is 0 Å². The molecule has 0 aromatic rings. The van der Waals surface area contributed by atoms with Crippen LogP contribution in [0.15, 0.2) is 0 Å². The second kappa shape index (κ2) is 7.46. The van der Waals surface area contributed by atoms with E-state index >= 15 is 0 Å². The minimum Gasteiger partial charge on any atom is -0.396 e. The molecule has 2 aliphatic rings. The maximum atomic E-state index is 8.97. The highest BCUT2D eigenvalue weighted by Gasteiger charge is 2.27. The first-order chi connectivity index (χ1) is 8.81. The van der Waals surface area contributed by atoms with Crippen LogP contribution in [0.4, 0.5) is 0 Å². The molecular formula is C15H30N2O. The summed E-state index contributed by atoms with van der Waals surface area (Å²) in [5.74, 6) is 1.74. The van der Waals surface area contributed by atoms with Gasteiger partial charge in [0.15, 0.2) is 0 Å². The summed E-state index contributed by atoms with van der Waals surface area (Å²) in [6.45, 7) is 7.46. The second-order valence-electron chi connectivity index (χ2n) is 6.22. The topological polar surface area (TPSA) is 35.5 Å². The highest BCUT2D eigenvalue weighted by molar-refractivity contribution is 4.84. The lowest BCUT2D eigenvalue weighted by Crippen LogP contribution is -2.50. The van der Waals surface area contributed by atoms with Gasteiger partial charge < -0.3 is 15.3 Å². The number of hydrogen-bond donors (Lipinski definition) is 2. The molecule has 1 aliphatic heterocycles. The van der Waals surface area contributed by atoms with Crippen LogP contribution in [-0.4, -0.2) is 48.8 Å². The third kappa shape index (κ3) is 4.22. The van der Waals surface area contributed by atoms with Crippen LogP contribution in [0, 0.1) is 11.8 Å². The van der Waals surface area contributed by atoms with Crippen molar-refractivity contribution in [2.24, 2.45) is 11.8 Å². The van der Waals surface area contributed by atoms with Gasteiger partial charge >= 0.3 is 0 Å². The van der Waals surface area contributed by atoms with E-state index in [2.05, 4.69) is 17.1 Å². The average molecular weight is 254 g/mol. The van der Waals surface area contributed by atoms with Crippen molar-refractivity contribution in [3.05, 3.63) is 0 Å². The lowest BCUT2D eigenvalue weighted by molar-refractivity contribution is 0.129. The summed E-state index contributed by atoms with van der Waals surface area (Å²) in [4.78, 5) is 2.57. The molecule has 0 aromatic carbocycles. The third-order valence-electron chi connectivity index (χ3n) is 4.75. The number of likely N-dealkylation sites (N-methyl/N-ethyl adjacent to an activating group) is 1. The fourth-order valence-electron chi connectivity index (χ4n) is 3.33. The van der Waals surface area contributed by atoms with Gasteiger partial charge in [-0.05, 0) is 57.0 Å². The first-order valence-corrected chi connectivity index (χ1v) is 7.88. The quantitative estimate of drug-likeness (QED) is 0.728. The van der Waals surface area contributed by atoms with E-state index in [0.29, 0.717) is 12.6 Å². The highest BCUT2D eigenvalue weighted by Crippen LogP contribution is 2.26. The fraction of sp³-hybridized carbons (Fsp3) is 1.00. The van der Waals surface area contributed by atoms with Crippen molar-refractivity contribution < 1.29 is 5.11 Å². The van der Waals surface area contributed by atoms with E-state index in [1.165, 1.54) is 51.7 Å². The van der Waals surface area contributed by atoms with Crippen LogP contribution in [0.3, 0.4) is 0 Å². The minimum atomic E-state index is 0.350. The Morgan fingerprint density at radius 1 is 1.22 bits per heavy atom. The van der Waals surface area contributed by atoms with Gasteiger partial charge in [-0.3, -0.25) is 0 Å². The summed E-state index contributed by atoms with van der Waals surface area (Å²) in [5, 5.41) is 12.8. The van der Waals surface area contributed by atoms with E-state index < -0.39 is 0 Å². The van der Waals surface area contributed by atoms with E-state index in [1.807, 2.05) is 0 Å². The minimum absolute atomic E-state index is 0.350. The van der Waals surface area contributed by atoms with Crippen LogP contribution in [0.5, 0.6) is 0 Å². The Morgan fingerprint density at radius 2 is 2.06 bits per heavy atom. The summed E-state index contributed by atoms with van der Waals surface area (Å²) in [5.41, 5.74) is 0. The van der Waals surface area contributed by atoms with Crippen molar-refractivity contribution in [3.63, 3.8) is 0 Å². The first-order valence-electron chi connectivity index (χ1n) is 7.88. The van der Waals surface area contributed by atoms with E-state index in [4.69, 9.17) is 5.11 Å². The molecule has 0 aromatic heterocycles. The molecule has 2 rings (SSSR count). The van der Waals surface area contributed by atoms with Gasteiger partial charge in [0.25, 0.3) is 0 Å². The lowest BCUT2D eigenvalue weighted by Gasteiger charge is -2.39. The van der Waals surface area contributed by atoms with Crippen molar-refractivity contribution in [2.75, 3.05) is 32.8 Å². The van der Waals surface area contributed by atoms with Gasteiger partial charge in [-0.15, -0.1) is 0 Å². The molecule has 1 heterocycles. The molecule has 3 heteroatoms. The average Bonchev–Trinajstić information content (AvgIpc) is 2.34. The molecule has 1 aliphatic carbocycles. The maximum Gasteiger partial charge on any atom is 0.0431 e. The Kier molecular flexibility index (Phi) is 5.93.